The lowest BCUT2D eigenvalue weighted by Crippen LogP contribution is -2.06. The number of rotatable bonds is 4. The Bertz CT molecular complexity index is 705. The fourth-order valence-electron chi connectivity index (χ4n) is 1.93. The monoisotopic (exact) mass is 294 g/mol. The number of nitrogens with zero attached hydrogens (tertiary/aromatic N) is 1. The Hall–Kier alpha value is -2.70. The van der Waals surface area contributed by atoms with Gasteiger partial charge in [0.15, 0.2) is 5.82 Å². The molecule has 0 fully saturated rings. The molecule has 110 valence electrons. The summed E-state index contributed by atoms with van der Waals surface area (Å²) in [6, 6.07) is 6.19. The van der Waals surface area contributed by atoms with E-state index in [-0.39, 0.29) is 12.3 Å². The van der Waals surface area contributed by atoms with E-state index in [0.29, 0.717) is 23.3 Å². The fourth-order valence-corrected chi connectivity index (χ4v) is 1.93. The molecule has 2 aromatic rings. The van der Waals surface area contributed by atoms with Gasteiger partial charge >= 0.3 is 0 Å². The molecule has 0 heterocycles. The van der Waals surface area contributed by atoms with Crippen LogP contribution in [0.25, 0.3) is 0 Å². The summed E-state index contributed by atoms with van der Waals surface area (Å²) in [6.45, 7) is 1.66. The SMILES string of the molecule is Cc1cccc(CNc2c(F)cc(F)cc2[N+](=O)[O-])c1O. The van der Waals surface area contributed by atoms with E-state index in [2.05, 4.69) is 5.32 Å². The van der Waals surface area contributed by atoms with E-state index in [4.69, 9.17) is 0 Å². The zero-order chi connectivity index (χ0) is 15.6. The number of hydrogen-bond donors (Lipinski definition) is 2. The zero-order valence-electron chi connectivity index (χ0n) is 11.1. The van der Waals surface area contributed by atoms with Crippen LogP contribution >= 0.6 is 0 Å². The summed E-state index contributed by atoms with van der Waals surface area (Å²) in [6.07, 6.45) is 0. The Morgan fingerprint density at radius 3 is 2.71 bits per heavy atom. The number of nitrogens with one attached hydrogen (secondary N) is 1. The summed E-state index contributed by atoms with van der Waals surface area (Å²) < 4.78 is 26.7. The number of phenolic OH excluding ortho intramolecular Hbond substituents is 1. The van der Waals surface area contributed by atoms with Crippen molar-refractivity contribution in [3.8, 4) is 5.75 Å². The Balaban J connectivity index is 2.32. The first-order valence-corrected chi connectivity index (χ1v) is 6.05. The average Bonchev–Trinajstić information content (AvgIpc) is 2.41. The van der Waals surface area contributed by atoms with E-state index in [1.54, 1.807) is 25.1 Å². The second-order valence-electron chi connectivity index (χ2n) is 4.48. The van der Waals surface area contributed by atoms with Gasteiger partial charge in [-0.3, -0.25) is 10.1 Å². The van der Waals surface area contributed by atoms with Crippen molar-refractivity contribution in [2.75, 3.05) is 5.32 Å². The highest BCUT2D eigenvalue weighted by Gasteiger charge is 2.20. The molecule has 0 aliphatic rings. The molecule has 0 saturated heterocycles. The van der Waals surface area contributed by atoms with Crippen LogP contribution in [0.4, 0.5) is 20.2 Å². The van der Waals surface area contributed by atoms with E-state index in [1.165, 1.54) is 0 Å². The van der Waals surface area contributed by atoms with Crippen LogP contribution in [0.3, 0.4) is 0 Å². The van der Waals surface area contributed by atoms with Crippen molar-refractivity contribution in [1.29, 1.82) is 0 Å². The van der Waals surface area contributed by atoms with Crippen molar-refractivity contribution >= 4 is 11.4 Å². The second kappa shape index (κ2) is 5.74. The number of nitro groups is 1. The molecule has 0 aliphatic heterocycles. The van der Waals surface area contributed by atoms with Crippen molar-refractivity contribution in [3.63, 3.8) is 0 Å². The van der Waals surface area contributed by atoms with Gasteiger partial charge in [-0.1, -0.05) is 18.2 Å². The topological polar surface area (TPSA) is 75.4 Å². The maximum absolute atomic E-state index is 13.7. The van der Waals surface area contributed by atoms with Gasteiger partial charge in [0.25, 0.3) is 5.69 Å². The van der Waals surface area contributed by atoms with E-state index in [1.807, 2.05) is 0 Å². The molecule has 0 radical (unpaired) electrons. The molecule has 0 saturated carbocycles. The average molecular weight is 294 g/mol. The first-order valence-electron chi connectivity index (χ1n) is 6.05. The van der Waals surface area contributed by atoms with Crippen LogP contribution in [0.2, 0.25) is 0 Å². The lowest BCUT2D eigenvalue weighted by molar-refractivity contribution is -0.384. The Labute approximate surface area is 119 Å². The van der Waals surface area contributed by atoms with Gasteiger partial charge in [0.1, 0.15) is 17.3 Å². The Morgan fingerprint density at radius 1 is 1.33 bits per heavy atom. The smallest absolute Gasteiger partial charge is 0.298 e. The molecule has 0 aliphatic carbocycles. The molecule has 21 heavy (non-hydrogen) atoms. The molecule has 0 amide bonds. The van der Waals surface area contributed by atoms with Gasteiger partial charge < -0.3 is 10.4 Å². The van der Waals surface area contributed by atoms with Crippen LogP contribution in [0.5, 0.6) is 5.75 Å². The Morgan fingerprint density at radius 2 is 2.05 bits per heavy atom. The van der Waals surface area contributed by atoms with Crippen LogP contribution in [0.15, 0.2) is 30.3 Å². The number of phenols is 1. The van der Waals surface area contributed by atoms with Gasteiger partial charge in [-0.2, -0.15) is 0 Å². The van der Waals surface area contributed by atoms with Gasteiger partial charge in [0.05, 0.1) is 11.0 Å². The first-order chi connectivity index (χ1) is 9.90. The van der Waals surface area contributed by atoms with Crippen molar-refractivity contribution in [1.82, 2.24) is 0 Å². The van der Waals surface area contributed by atoms with E-state index >= 15 is 0 Å². The molecular formula is C14H12F2N2O3. The van der Waals surface area contributed by atoms with Crippen LogP contribution in [0, 0.1) is 28.7 Å². The van der Waals surface area contributed by atoms with Crippen molar-refractivity contribution in [3.05, 3.63) is 63.2 Å². The third-order valence-corrected chi connectivity index (χ3v) is 3.01. The summed E-state index contributed by atoms with van der Waals surface area (Å²) in [7, 11) is 0. The summed E-state index contributed by atoms with van der Waals surface area (Å²) in [4.78, 5) is 9.97. The number of halogens is 2. The predicted molar refractivity (Wildman–Crippen MR) is 73.2 cm³/mol. The van der Waals surface area contributed by atoms with Gasteiger partial charge in [-0.05, 0) is 12.5 Å². The molecule has 0 unspecified atom stereocenters. The van der Waals surface area contributed by atoms with Gasteiger partial charge in [0.2, 0.25) is 0 Å². The number of nitro benzene ring substituents is 1. The van der Waals surface area contributed by atoms with Crippen LogP contribution in [0.1, 0.15) is 11.1 Å². The number of para-hydroxylation sites is 1. The lowest BCUT2D eigenvalue weighted by atomic mass is 10.1. The quantitative estimate of drug-likeness (QED) is 0.668. The molecule has 2 rings (SSSR count). The number of aryl methyl sites for hydroxylation is 1. The third kappa shape index (κ3) is 3.07. The Kier molecular flexibility index (Phi) is 4.02. The number of hydrogen-bond acceptors (Lipinski definition) is 4. The highest BCUT2D eigenvalue weighted by atomic mass is 19.1. The number of anilines is 1. The van der Waals surface area contributed by atoms with Crippen LogP contribution in [-0.4, -0.2) is 10.0 Å². The zero-order valence-corrected chi connectivity index (χ0v) is 11.1. The van der Waals surface area contributed by atoms with Gasteiger partial charge in [-0.15, -0.1) is 0 Å². The maximum atomic E-state index is 13.7. The van der Waals surface area contributed by atoms with Gasteiger partial charge in [0, 0.05) is 18.2 Å². The second-order valence-corrected chi connectivity index (χ2v) is 4.48. The van der Waals surface area contributed by atoms with E-state index in [0.717, 1.165) is 0 Å². The number of benzene rings is 2. The van der Waals surface area contributed by atoms with Crippen molar-refractivity contribution in [2.24, 2.45) is 0 Å². The molecule has 5 nitrogen and oxygen atoms in total. The van der Waals surface area contributed by atoms with Crippen molar-refractivity contribution in [2.45, 2.75) is 13.5 Å². The minimum atomic E-state index is -1.06. The largest absolute Gasteiger partial charge is 0.507 e. The molecule has 2 N–H and O–H groups in total. The van der Waals surface area contributed by atoms with Crippen molar-refractivity contribution < 1.29 is 18.8 Å². The van der Waals surface area contributed by atoms with E-state index < -0.39 is 27.9 Å². The summed E-state index contributed by atoms with van der Waals surface area (Å²) in [5, 5.41) is 23.2. The maximum Gasteiger partial charge on any atom is 0.298 e. The highest BCUT2D eigenvalue weighted by molar-refractivity contribution is 5.63. The fraction of sp³-hybridized carbons (Fsp3) is 0.143. The minimum Gasteiger partial charge on any atom is -0.507 e. The van der Waals surface area contributed by atoms with Gasteiger partial charge in [-0.25, -0.2) is 8.78 Å². The predicted octanol–water partition coefficient (Wildman–Crippen LogP) is 3.50. The molecule has 0 aromatic heterocycles. The summed E-state index contributed by atoms with van der Waals surface area (Å²) in [5.74, 6) is -2.06. The first kappa shape index (κ1) is 14.7. The molecule has 0 spiro atoms. The molecular weight excluding hydrogens is 282 g/mol. The molecule has 2 aromatic carbocycles. The van der Waals surface area contributed by atoms with Crippen LogP contribution in [-0.2, 0) is 6.54 Å². The standard InChI is InChI=1S/C14H12F2N2O3/c1-8-3-2-4-9(14(8)19)7-17-13-11(16)5-10(15)6-12(13)18(20)21/h2-6,17,19H,7H2,1H3. The van der Waals surface area contributed by atoms with E-state index in [9.17, 15) is 24.0 Å². The normalized spacial score (nSPS) is 10.4. The minimum absolute atomic E-state index is 0.0233. The molecule has 7 heteroatoms. The molecule has 0 bridgehead atoms. The molecule has 0 atom stereocenters. The number of aromatic hydroxyl groups is 1. The lowest BCUT2D eigenvalue weighted by Gasteiger charge is -2.11. The summed E-state index contributed by atoms with van der Waals surface area (Å²) in [5.41, 5.74) is -0.0293. The van der Waals surface area contributed by atoms with Crippen LogP contribution < -0.4 is 5.32 Å². The highest BCUT2D eigenvalue weighted by Crippen LogP contribution is 2.30. The third-order valence-electron chi connectivity index (χ3n) is 3.01. The summed E-state index contributed by atoms with van der Waals surface area (Å²) >= 11 is 0.